The molecule has 4 nitrogen and oxygen atoms in total. The first-order valence-electron chi connectivity index (χ1n) is 11.0. The van der Waals surface area contributed by atoms with Gasteiger partial charge in [-0.15, -0.1) is 0 Å². The largest absolute Gasteiger partial charge is 0.493 e. The van der Waals surface area contributed by atoms with Crippen LogP contribution in [0.1, 0.15) is 25.0 Å². The lowest BCUT2D eigenvalue weighted by molar-refractivity contribution is -0.156. The predicted octanol–water partition coefficient (Wildman–Crippen LogP) is 5.97. The molecule has 0 saturated heterocycles. The molecule has 0 unspecified atom stereocenters. The normalized spacial score (nSPS) is 11.7. The van der Waals surface area contributed by atoms with E-state index >= 15 is 0 Å². The molecule has 0 bridgehead atoms. The molecule has 5 heteroatoms. The first kappa shape index (κ1) is 23.9. The van der Waals surface area contributed by atoms with Crippen LogP contribution in [0.25, 0.3) is 0 Å². The molecule has 0 aliphatic heterocycles. The van der Waals surface area contributed by atoms with Crippen molar-refractivity contribution in [3.63, 3.8) is 0 Å². The smallest absolute Gasteiger partial charge is 0.335 e. The van der Waals surface area contributed by atoms with Crippen LogP contribution < -0.4 is 4.74 Å². The molecule has 3 rings (SSSR count). The molecule has 3 aromatic rings. The van der Waals surface area contributed by atoms with Crippen molar-refractivity contribution >= 4 is 17.7 Å². The first-order chi connectivity index (χ1) is 15.7. The Balaban J connectivity index is 1.45. The molecule has 0 heterocycles. The van der Waals surface area contributed by atoms with Gasteiger partial charge in [-0.05, 0) is 61.4 Å². The predicted molar refractivity (Wildman–Crippen MR) is 128 cm³/mol. The van der Waals surface area contributed by atoms with Crippen LogP contribution in [0, 0.1) is 0 Å². The Morgan fingerprint density at radius 1 is 0.812 bits per heavy atom. The summed E-state index contributed by atoms with van der Waals surface area (Å²) in [5, 5.41) is 0. The highest BCUT2D eigenvalue weighted by Crippen LogP contribution is 2.27. The average Bonchev–Trinajstić information content (AvgIpc) is 2.82. The monoisotopic (exact) mass is 450 g/mol. The number of hydrogen-bond acceptors (Lipinski definition) is 5. The second kappa shape index (κ2) is 12.9. The number of rotatable bonds is 12. The maximum Gasteiger partial charge on any atom is 0.335 e. The van der Waals surface area contributed by atoms with Gasteiger partial charge in [0.05, 0.1) is 13.2 Å². The van der Waals surface area contributed by atoms with Gasteiger partial charge in [-0.3, -0.25) is 0 Å². The summed E-state index contributed by atoms with van der Waals surface area (Å²) in [6.07, 6.45) is 0.753. The average molecular weight is 451 g/mol. The standard InChI is InChI=1S/C27H30O4S/c1-3-29-26(27(28)30-4-2)20-22-10-14-23(15-11-22)31-19-18-21-12-16-25(17-13-21)32-24-8-6-5-7-9-24/h5-17,26H,3-4,18-20H2,1-2H3/t26-/m0/s1. The number of carbonyl (C=O) groups excluding carboxylic acids is 1. The first-order valence-corrected chi connectivity index (χ1v) is 11.8. The fourth-order valence-corrected chi connectivity index (χ4v) is 4.06. The Labute approximate surface area is 194 Å². The molecule has 1 atom stereocenters. The third kappa shape index (κ3) is 7.74. The zero-order valence-electron chi connectivity index (χ0n) is 18.7. The summed E-state index contributed by atoms with van der Waals surface area (Å²) in [6, 6.07) is 26.8. The maximum atomic E-state index is 12.0. The number of ether oxygens (including phenoxy) is 3. The molecular weight excluding hydrogens is 420 g/mol. The minimum atomic E-state index is -0.574. The van der Waals surface area contributed by atoms with Gasteiger partial charge in [-0.2, -0.15) is 0 Å². The van der Waals surface area contributed by atoms with E-state index < -0.39 is 6.10 Å². The van der Waals surface area contributed by atoms with E-state index in [0.717, 1.165) is 17.7 Å². The lowest BCUT2D eigenvalue weighted by Crippen LogP contribution is -2.28. The third-order valence-corrected chi connectivity index (χ3v) is 5.84. The van der Waals surface area contributed by atoms with Crippen LogP contribution in [-0.4, -0.2) is 31.9 Å². The topological polar surface area (TPSA) is 44.8 Å². The molecule has 0 amide bonds. The number of hydrogen-bond donors (Lipinski definition) is 0. The molecule has 0 aromatic heterocycles. The van der Waals surface area contributed by atoms with Crippen LogP contribution in [0.3, 0.4) is 0 Å². The SMILES string of the molecule is CCOC(=O)[C@H](Cc1ccc(OCCc2ccc(Sc3ccccc3)cc2)cc1)OCC. The van der Waals surface area contributed by atoms with E-state index in [0.29, 0.717) is 26.2 Å². The zero-order chi connectivity index (χ0) is 22.6. The van der Waals surface area contributed by atoms with Crippen molar-refractivity contribution in [3.05, 3.63) is 90.0 Å². The Bertz CT molecular complexity index is 940. The van der Waals surface area contributed by atoms with Crippen LogP contribution in [0.2, 0.25) is 0 Å². The lowest BCUT2D eigenvalue weighted by Gasteiger charge is -2.15. The summed E-state index contributed by atoms with van der Waals surface area (Å²) < 4.78 is 16.5. The summed E-state index contributed by atoms with van der Waals surface area (Å²) in [6.45, 7) is 5.10. The van der Waals surface area contributed by atoms with Gasteiger partial charge in [0, 0.05) is 29.2 Å². The van der Waals surface area contributed by atoms with Gasteiger partial charge < -0.3 is 14.2 Å². The Kier molecular flexibility index (Phi) is 9.66. The van der Waals surface area contributed by atoms with Gasteiger partial charge in [-0.25, -0.2) is 4.79 Å². The Morgan fingerprint density at radius 2 is 1.47 bits per heavy atom. The summed E-state index contributed by atoms with van der Waals surface area (Å²) in [5.41, 5.74) is 2.25. The Hall–Kier alpha value is -2.76. The molecule has 0 fully saturated rings. The van der Waals surface area contributed by atoms with Gasteiger partial charge in [0.2, 0.25) is 0 Å². The molecule has 168 valence electrons. The number of esters is 1. The zero-order valence-corrected chi connectivity index (χ0v) is 19.5. The van der Waals surface area contributed by atoms with E-state index in [1.54, 1.807) is 18.7 Å². The third-order valence-electron chi connectivity index (χ3n) is 4.82. The molecule has 0 aliphatic rings. The molecule has 0 aliphatic carbocycles. The van der Waals surface area contributed by atoms with Crippen LogP contribution in [-0.2, 0) is 27.1 Å². The van der Waals surface area contributed by atoms with Gasteiger partial charge in [0.15, 0.2) is 6.10 Å². The number of benzene rings is 3. The van der Waals surface area contributed by atoms with Crippen molar-refractivity contribution in [1.82, 2.24) is 0 Å². The van der Waals surface area contributed by atoms with Crippen LogP contribution >= 0.6 is 11.8 Å². The molecule has 0 saturated carbocycles. The van der Waals surface area contributed by atoms with Gasteiger partial charge >= 0.3 is 5.97 Å². The second-order valence-electron chi connectivity index (χ2n) is 7.20. The van der Waals surface area contributed by atoms with E-state index in [4.69, 9.17) is 14.2 Å². The highest BCUT2D eigenvalue weighted by Gasteiger charge is 2.20. The maximum absolute atomic E-state index is 12.0. The fourth-order valence-electron chi connectivity index (χ4n) is 3.22. The minimum absolute atomic E-state index is 0.317. The van der Waals surface area contributed by atoms with Crippen LogP contribution in [0.15, 0.2) is 88.7 Å². The van der Waals surface area contributed by atoms with Gasteiger partial charge in [0.1, 0.15) is 5.75 Å². The van der Waals surface area contributed by atoms with Gasteiger partial charge in [-0.1, -0.05) is 54.2 Å². The Morgan fingerprint density at radius 3 is 2.12 bits per heavy atom. The van der Waals surface area contributed by atoms with Gasteiger partial charge in [0.25, 0.3) is 0 Å². The molecule has 0 radical (unpaired) electrons. The summed E-state index contributed by atoms with van der Waals surface area (Å²) in [4.78, 5) is 14.5. The summed E-state index contributed by atoms with van der Waals surface area (Å²) >= 11 is 1.76. The van der Waals surface area contributed by atoms with E-state index in [1.807, 2.05) is 37.3 Å². The molecule has 3 aromatic carbocycles. The van der Waals surface area contributed by atoms with Crippen molar-refractivity contribution in [2.24, 2.45) is 0 Å². The quantitative estimate of drug-likeness (QED) is 0.318. The van der Waals surface area contributed by atoms with E-state index in [9.17, 15) is 4.79 Å². The highest BCUT2D eigenvalue weighted by atomic mass is 32.2. The van der Waals surface area contributed by atoms with E-state index in [1.165, 1.54) is 15.4 Å². The van der Waals surface area contributed by atoms with Crippen LogP contribution in [0.4, 0.5) is 0 Å². The fraction of sp³-hybridized carbons (Fsp3) is 0.296. The molecule has 0 spiro atoms. The number of carbonyl (C=O) groups is 1. The van der Waals surface area contributed by atoms with Crippen LogP contribution in [0.5, 0.6) is 5.75 Å². The lowest BCUT2D eigenvalue weighted by atomic mass is 10.1. The summed E-state index contributed by atoms with van der Waals surface area (Å²) in [7, 11) is 0. The van der Waals surface area contributed by atoms with Crippen molar-refractivity contribution < 1.29 is 19.0 Å². The van der Waals surface area contributed by atoms with Crippen molar-refractivity contribution in [2.45, 2.75) is 42.6 Å². The van der Waals surface area contributed by atoms with Crippen molar-refractivity contribution in [1.29, 1.82) is 0 Å². The second-order valence-corrected chi connectivity index (χ2v) is 8.35. The molecular formula is C27H30O4S. The molecule has 0 N–H and O–H groups in total. The van der Waals surface area contributed by atoms with Crippen molar-refractivity contribution in [2.75, 3.05) is 19.8 Å². The molecule has 32 heavy (non-hydrogen) atoms. The minimum Gasteiger partial charge on any atom is -0.493 e. The van der Waals surface area contributed by atoms with Crippen molar-refractivity contribution in [3.8, 4) is 5.75 Å². The highest BCUT2D eigenvalue weighted by molar-refractivity contribution is 7.99. The van der Waals surface area contributed by atoms with E-state index in [2.05, 4.69) is 48.5 Å². The summed E-state index contributed by atoms with van der Waals surface area (Å²) in [5.74, 6) is 0.497. The van der Waals surface area contributed by atoms with E-state index in [-0.39, 0.29) is 5.97 Å².